The van der Waals surface area contributed by atoms with Crippen LogP contribution in [-0.2, 0) is 24.2 Å². The van der Waals surface area contributed by atoms with Gasteiger partial charge in [-0.2, -0.15) is 0 Å². The molecule has 3 rings (SSSR count). The van der Waals surface area contributed by atoms with E-state index in [-0.39, 0.29) is 5.92 Å². The third-order valence-corrected chi connectivity index (χ3v) is 5.04. The highest BCUT2D eigenvalue weighted by Gasteiger charge is 2.17. The summed E-state index contributed by atoms with van der Waals surface area (Å²) in [6.07, 6.45) is 7.46. The highest BCUT2D eigenvalue weighted by atomic mass is 16.5. The summed E-state index contributed by atoms with van der Waals surface area (Å²) in [5.41, 5.74) is 3.42. The maximum absolute atomic E-state index is 11.6. The monoisotopic (exact) mass is 389 g/mol. The molecule has 1 unspecified atom stereocenters. The average molecular weight is 389 g/mol. The Balaban J connectivity index is 1.43. The zero-order valence-corrected chi connectivity index (χ0v) is 16.5. The maximum Gasteiger partial charge on any atom is 0.306 e. The van der Waals surface area contributed by atoms with Gasteiger partial charge in [-0.25, -0.2) is 0 Å². The van der Waals surface area contributed by atoms with Crippen molar-refractivity contribution < 1.29 is 14.6 Å². The van der Waals surface area contributed by atoms with Crippen LogP contribution in [0.2, 0.25) is 0 Å². The number of rotatable bonds is 11. The molecule has 0 saturated carbocycles. The third-order valence-electron chi connectivity index (χ3n) is 5.04. The highest BCUT2D eigenvalue weighted by molar-refractivity contribution is 5.69. The zero-order valence-electron chi connectivity index (χ0n) is 16.5. The van der Waals surface area contributed by atoms with Crippen molar-refractivity contribution in [2.24, 2.45) is 5.92 Å². The Hall–Kier alpha value is -3.14. The number of aliphatic carboxylic acids is 1. The lowest BCUT2D eigenvalue weighted by Gasteiger charge is -2.13. The molecule has 1 aromatic heterocycles. The van der Waals surface area contributed by atoms with Gasteiger partial charge in [0.25, 0.3) is 0 Å². The average Bonchev–Trinajstić information content (AvgIpc) is 2.76. The SMILES string of the molecule is O=C(O)C(CCCc1ccccc1)CCc1ccc(OCc2cccnc2)cc1. The second kappa shape index (κ2) is 11.0. The first-order chi connectivity index (χ1) is 14.2. The fourth-order valence-corrected chi connectivity index (χ4v) is 3.33. The molecule has 4 nitrogen and oxygen atoms in total. The Labute approximate surface area is 172 Å². The predicted octanol–water partition coefficient (Wildman–Crippen LogP) is 5.32. The van der Waals surface area contributed by atoms with Crippen LogP contribution < -0.4 is 4.74 Å². The molecule has 1 N–H and O–H groups in total. The molecule has 150 valence electrons. The van der Waals surface area contributed by atoms with Crippen LogP contribution in [0.25, 0.3) is 0 Å². The van der Waals surface area contributed by atoms with Crippen molar-refractivity contribution in [3.63, 3.8) is 0 Å². The molecule has 1 heterocycles. The molecule has 0 bridgehead atoms. The van der Waals surface area contributed by atoms with E-state index in [0.717, 1.165) is 36.1 Å². The van der Waals surface area contributed by atoms with Gasteiger partial charge in [0, 0.05) is 18.0 Å². The number of pyridine rings is 1. The van der Waals surface area contributed by atoms with Gasteiger partial charge in [-0.05, 0) is 61.4 Å². The number of aryl methyl sites for hydroxylation is 2. The minimum Gasteiger partial charge on any atom is -0.489 e. The Morgan fingerprint density at radius 2 is 1.59 bits per heavy atom. The molecule has 2 aromatic carbocycles. The van der Waals surface area contributed by atoms with Gasteiger partial charge in [0.2, 0.25) is 0 Å². The number of carbonyl (C=O) groups is 1. The number of ether oxygens (including phenoxy) is 1. The Morgan fingerprint density at radius 3 is 2.28 bits per heavy atom. The van der Waals surface area contributed by atoms with Gasteiger partial charge in [-0.1, -0.05) is 48.5 Å². The summed E-state index contributed by atoms with van der Waals surface area (Å²) < 4.78 is 5.77. The first kappa shape index (κ1) is 20.6. The van der Waals surface area contributed by atoms with Crippen LogP contribution in [0.5, 0.6) is 5.75 Å². The van der Waals surface area contributed by atoms with E-state index in [1.807, 2.05) is 54.6 Å². The Morgan fingerprint density at radius 1 is 0.862 bits per heavy atom. The van der Waals surface area contributed by atoms with E-state index in [1.165, 1.54) is 5.56 Å². The van der Waals surface area contributed by atoms with Crippen LogP contribution in [0.1, 0.15) is 36.0 Å². The molecule has 0 spiro atoms. The van der Waals surface area contributed by atoms with Crippen LogP contribution in [0.15, 0.2) is 79.1 Å². The van der Waals surface area contributed by atoms with Gasteiger partial charge >= 0.3 is 5.97 Å². The molecule has 0 radical (unpaired) electrons. The van der Waals surface area contributed by atoms with Crippen molar-refractivity contribution in [2.45, 2.75) is 38.7 Å². The van der Waals surface area contributed by atoms with E-state index in [9.17, 15) is 9.90 Å². The zero-order chi connectivity index (χ0) is 20.3. The van der Waals surface area contributed by atoms with E-state index < -0.39 is 5.97 Å². The quantitative estimate of drug-likeness (QED) is 0.482. The first-order valence-electron chi connectivity index (χ1n) is 10.1. The summed E-state index contributed by atoms with van der Waals surface area (Å²) in [7, 11) is 0. The number of hydrogen-bond acceptors (Lipinski definition) is 3. The lowest BCUT2D eigenvalue weighted by Crippen LogP contribution is -2.15. The van der Waals surface area contributed by atoms with E-state index in [2.05, 4.69) is 17.1 Å². The number of nitrogens with zero attached hydrogens (tertiary/aromatic N) is 1. The summed E-state index contributed by atoms with van der Waals surface area (Å²) in [4.78, 5) is 15.7. The topological polar surface area (TPSA) is 59.4 Å². The van der Waals surface area contributed by atoms with E-state index in [4.69, 9.17) is 4.74 Å². The summed E-state index contributed by atoms with van der Waals surface area (Å²) in [6, 6.07) is 22.0. The summed E-state index contributed by atoms with van der Waals surface area (Å²) >= 11 is 0. The molecular formula is C25H27NO3. The van der Waals surface area contributed by atoms with E-state index in [0.29, 0.717) is 19.4 Å². The van der Waals surface area contributed by atoms with Crippen LogP contribution in [0.3, 0.4) is 0 Å². The highest BCUT2D eigenvalue weighted by Crippen LogP contribution is 2.20. The van der Waals surface area contributed by atoms with Gasteiger partial charge < -0.3 is 9.84 Å². The van der Waals surface area contributed by atoms with Crippen LogP contribution in [0.4, 0.5) is 0 Å². The fourth-order valence-electron chi connectivity index (χ4n) is 3.33. The molecule has 3 aromatic rings. The molecule has 0 fully saturated rings. The molecule has 0 amide bonds. The van der Waals surface area contributed by atoms with Gasteiger partial charge in [-0.15, -0.1) is 0 Å². The number of carboxylic acids is 1. The first-order valence-corrected chi connectivity index (χ1v) is 10.1. The van der Waals surface area contributed by atoms with Crippen molar-refractivity contribution in [3.8, 4) is 5.75 Å². The third kappa shape index (κ3) is 7.07. The Bertz CT molecular complexity index is 864. The second-order valence-corrected chi connectivity index (χ2v) is 7.25. The van der Waals surface area contributed by atoms with Crippen LogP contribution in [-0.4, -0.2) is 16.1 Å². The Kier molecular flexibility index (Phi) is 7.81. The molecule has 0 aliphatic carbocycles. The fraction of sp³-hybridized carbons (Fsp3) is 0.280. The molecule has 0 saturated heterocycles. The van der Waals surface area contributed by atoms with Crippen molar-refractivity contribution in [2.75, 3.05) is 0 Å². The predicted molar refractivity (Wildman–Crippen MR) is 114 cm³/mol. The largest absolute Gasteiger partial charge is 0.489 e. The van der Waals surface area contributed by atoms with Gasteiger partial charge in [-0.3, -0.25) is 9.78 Å². The van der Waals surface area contributed by atoms with E-state index in [1.54, 1.807) is 12.4 Å². The summed E-state index contributed by atoms with van der Waals surface area (Å²) in [6.45, 7) is 0.482. The molecular weight excluding hydrogens is 362 g/mol. The molecule has 1 atom stereocenters. The van der Waals surface area contributed by atoms with Gasteiger partial charge in [0.1, 0.15) is 12.4 Å². The van der Waals surface area contributed by atoms with Gasteiger partial charge in [0.15, 0.2) is 0 Å². The standard InChI is InChI=1S/C25H27NO3/c27-25(28)23(10-4-8-20-6-2-1-3-7-20)14-11-21-12-15-24(16-13-21)29-19-22-9-5-17-26-18-22/h1-3,5-7,9,12-13,15-18,23H,4,8,10-11,14,19H2,(H,27,28). The molecule has 4 heteroatoms. The van der Waals surface area contributed by atoms with E-state index >= 15 is 0 Å². The second-order valence-electron chi connectivity index (χ2n) is 7.25. The smallest absolute Gasteiger partial charge is 0.306 e. The number of hydrogen-bond donors (Lipinski definition) is 1. The lowest BCUT2D eigenvalue weighted by molar-refractivity contribution is -0.142. The molecule has 0 aliphatic rings. The minimum absolute atomic E-state index is 0.305. The van der Waals surface area contributed by atoms with Gasteiger partial charge in [0.05, 0.1) is 5.92 Å². The van der Waals surface area contributed by atoms with Crippen molar-refractivity contribution in [3.05, 3.63) is 95.8 Å². The normalized spacial score (nSPS) is 11.7. The minimum atomic E-state index is -0.700. The number of aromatic nitrogens is 1. The summed E-state index contributed by atoms with van der Waals surface area (Å²) in [5, 5.41) is 9.55. The number of carboxylic acid groups (broad SMARTS) is 1. The van der Waals surface area contributed by atoms with Crippen molar-refractivity contribution in [1.29, 1.82) is 0 Å². The van der Waals surface area contributed by atoms with Crippen LogP contribution in [0, 0.1) is 5.92 Å². The van der Waals surface area contributed by atoms with Crippen molar-refractivity contribution >= 4 is 5.97 Å². The summed E-state index contributed by atoms with van der Waals surface area (Å²) in [5.74, 6) is -0.204. The number of benzene rings is 2. The lowest BCUT2D eigenvalue weighted by atomic mass is 9.93. The molecule has 0 aliphatic heterocycles. The van der Waals surface area contributed by atoms with Crippen LogP contribution >= 0.6 is 0 Å². The van der Waals surface area contributed by atoms with Crippen molar-refractivity contribution in [1.82, 2.24) is 4.98 Å². The maximum atomic E-state index is 11.6. The molecule has 29 heavy (non-hydrogen) atoms.